The van der Waals surface area contributed by atoms with Crippen molar-refractivity contribution in [1.29, 1.82) is 0 Å². The Hall–Kier alpha value is -0.800. The van der Waals surface area contributed by atoms with Crippen LogP contribution in [0.1, 0.15) is 50.7 Å². The maximum atomic E-state index is 5.88. The maximum absolute atomic E-state index is 5.88. The van der Waals surface area contributed by atoms with Crippen LogP contribution < -0.4 is 5.32 Å². The number of nitrogens with zero attached hydrogens (tertiary/aromatic N) is 1. The van der Waals surface area contributed by atoms with Gasteiger partial charge in [-0.05, 0) is 50.9 Å². The minimum absolute atomic E-state index is 0.520. The number of piperidine rings is 1. The molecule has 3 heteroatoms. The molecule has 1 N–H and O–H groups in total. The third kappa shape index (κ3) is 4.08. The Morgan fingerprint density at radius 2 is 2.00 bits per heavy atom. The zero-order valence-corrected chi connectivity index (χ0v) is 12.9. The van der Waals surface area contributed by atoms with Crippen LogP contribution in [-0.4, -0.2) is 24.5 Å². The van der Waals surface area contributed by atoms with Gasteiger partial charge in [0.15, 0.2) is 0 Å². The van der Waals surface area contributed by atoms with E-state index < -0.39 is 0 Å². The van der Waals surface area contributed by atoms with Crippen molar-refractivity contribution in [3.8, 4) is 0 Å². The molecule has 0 amide bonds. The molecule has 1 aromatic heterocycles. The van der Waals surface area contributed by atoms with Gasteiger partial charge in [0.05, 0.1) is 6.54 Å². The fourth-order valence-corrected chi connectivity index (χ4v) is 2.64. The molecule has 1 aliphatic rings. The summed E-state index contributed by atoms with van der Waals surface area (Å²) < 4.78 is 5.88. The summed E-state index contributed by atoms with van der Waals surface area (Å²) in [5, 5.41) is 3.36. The Morgan fingerprint density at radius 3 is 2.63 bits per heavy atom. The summed E-state index contributed by atoms with van der Waals surface area (Å²) in [5.41, 5.74) is 1.82. The van der Waals surface area contributed by atoms with Crippen molar-refractivity contribution in [3.63, 3.8) is 0 Å². The molecule has 2 rings (SSSR count). The fraction of sp³-hybridized carbons (Fsp3) is 0.750. The first-order chi connectivity index (χ1) is 9.00. The van der Waals surface area contributed by atoms with Crippen LogP contribution in [0.3, 0.4) is 0 Å². The quantitative estimate of drug-likeness (QED) is 0.884. The third-order valence-electron chi connectivity index (χ3n) is 4.23. The summed E-state index contributed by atoms with van der Waals surface area (Å²) in [6.07, 6.45) is 2.58. The average Bonchev–Trinajstić information content (AvgIpc) is 2.70. The molecule has 0 saturated carbocycles. The highest BCUT2D eigenvalue weighted by Crippen LogP contribution is 2.30. The molecule has 1 fully saturated rings. The number of nitrogens with one attached hydrogen (secondary N) is 1. The standard InChI is InChI=1S/C16H28N2O/c1-5-17-11-14-10-15(19-13(14)2)12-18-8-6-16(3,4)7-9-18/h10,17H,5-9,11-12H2,1-4H3. The SMILES string of the molecule is CCNCc1cc(CN2CCC(C)(C)CC2)oc1C. The molecule has 2 heterocycles. The van der Waals surface area contributed by atoms with E-state index in [0.717, 1.165) is 31.2 Å². The maximum Gasteiger partial charge on any atom is 0.118 e. The number of hydrogen-bond donors (Lipinski definition) is 1. The average molecular weight is 264 g/mol. The van der Waals surface area contributed by atoms with Gasteiger partial charge in [0.2, 0.25) is 0 Å². The molecule has 108 valence electrons. The van der Waals surface area contributed by atoms with Crippen LogP contribution in [-0.2, 0) is 13.1 Å². The van der Waals surface area contributed by atoms with E-state index in [1.54, 1.807) is 0 Å². The van der Waals surface area contributed by atoms with Gasteiger partial charge in [-0.1, -0.05) is 20.8 Å². The Bertz CT molecular complexity index is 399. The van der Waals surface area contributed by atoms with Crippen molar-refractivity contribution in [3.05, 3.63) is 23.2 Å². The molecule has 0 unspecified atom stereocenters. The summed E-state index contributed by atoms with van der Waals surface area (Å²) in [7, 11) is 0. The van der Waals surface area contributed by atoms with E-state index in [9.17, 15) is 0 Å². The van der Waals surface area contributed by atoms with Crippen molar-refractivity contribution >= 4 is 0 Å². The molecule has 0 spiro atoms. The van der Waals surface area contributed by atoms with Crippen molar-refractivity contribution in [2.75, 3.05) is 19.6 Å². The van der Waals surface area contributed by atoms with E-state index >= 15 is 0 Å². The van der Waals surface area contributed by atoms with Crippen molar-refractivity contribution < 1.29 is 4.42 Å². The van der Waals surface area contributed by atoms with Gasteiger partial charge in [-0.25, -0.2) is 0 Å². The highest BCUT2D eigenvalue weighted by Gasteiger charge is 2.25. The molecule has 0 aromatic carbocycles. The van der Waals surface area contributed by atoms with Crippen LogP contribution in [0, 0.1) is 12.3 Å². The molecular weight excluding hydrogens is 236 g/mol. The van der Waals surface area contributed by atoms with Gasteiger partial charge in [-0.3, -0.25) is 4.90 Å². The van der Waals surface area contributed by atoms with Crippen LogP contribution in [0.5, 0.6) is 0 Å². The van der Waals surface area contributed by atoms with Crippen LogP contribution in [0.15, 0.2) is 10.5 Å². The summed E-state index contributed by atoms with van der Waals surface area (Å²) in [6.45, 7) is 14.2. The predicted molar refractivity (Wildman–Crippen MR) is 79.1 cm³/mol. The lowest BCUT2D eigenvalue weighted by Gasteiger charge is -2.36. The van der Waals surface area contributed by atoms with Crippen molar-refractivity contribution in [1.82, 2.24) is 10.2 Å². The lowest BCUT2D eigenvalue weighted by atomic mass is 9.83. The van der Waals surface area contributed by atoms with Crippen molar-refractivity contribution in [2.24, 2.45) is 5.41 Å². The van der Waals surface area contributed by atoms with Gasteiger partial charge in [0, 0.05) is 12.1 Å². The molecule has 1 aromatic rings. The first-order valence-electron chi connectivity index (χ1n) is 7.51. The highest BCUT2D eigenvalue weighted by atomic mass is 16.3. The summed E-state index contributed by atoms with van der Waals surface area (Å²) >= 11 is 0. The molecule has 3 nitrogen and oxygen atoms in total. The summed E-state index contributed by atoms with van der Waals surface area (Å²) in [5.74, 6) is 2.18. The molecule has 0 aliphatic carbocycles. The third-order valence-corrected chi connectivity index (χ3v) is 4.23. The van der Waals surface area contributed by atoms with E-state index in [2.05, 4.69) is 44.0 Å². The van der Waals surface area contributed by atoms with Gasteiger partial charge in [0.1, 0.15) is 11.5 Å². The smallest absolute Gasteiger partial charge is 0.118 e. The molecule has 0 bridgehead atoms. The minimum atomic E-state index is 0.520. The Kier molecular flexibility index (Phi) is 4.69. The van der Waals surface area contributed by atoms with E-state index in [0.29, 0.717) is 5.41 Å². The largest absolute Gasteiger partial charge is 0.465 e. The normalized spacial score (nSPS) is 19.8. The van der Waals surface area contributed by atoms with Gasteiger partial charge < -0.3 is 9.73 Å². The first kappa shape index (κ1) is 14.6. The van der Waals surface area contributed by atoms with Gasteiger partial charge >= 0.3 is 0 Å². The predicted octanol–water partition coefficient (Wildman–Crippen LogP) is 3.32. The Labute approximate surface area is 117 Å². The number of hydrogen-bond acceptors (Lipinski definition) is 3. The number of aryl methyl sites for hydroxylation is 1. The summed E-state index contributed by atoms with van der Waals surface area (Å²) in [6, 6.07) is 2.22. The number of likely N-dealkylation sites (tertiary alicyclic amines) is 1. The fourth-order valence-electron chi connectivity index (χ4n) is 2.64. The van der Waals surface area contributed by atoms with E-state index in [4.69, 9.17) is 4.42 Å². The van der Waals surface area contributed by atoms with E-state index in [1.165, 1.54) is 31.5 Å². The first-order valence-corrected chi connectivity index (χ1v) is 7.51. The van der Waals surface area contributed by atoms with E-state index in [-0.39, 0.29) is 0 Å². The zero-order chi connectivity index (χ0) is 13.9. The lowest BCUT2D eigenvalue weighted by Crippen LogP contribution is -2.36. The van der Waals surface area contributed by atoms with Crippen LogP contribution in [0.4, 0.5) is 0 Å². The minimum Gasteiger partial charge on any atom is -0.465 e. The second-order valence-corrected chi connectivity index (χ2v) is 6.51. The second kappa shape index (κ2) is 6.10. The Morgan fingerprint density at radius 1 is 1.32 bits per heavy atom. The monoisotopic (exact) mass is 264 g/mol. The lowest BCUT2D eigenvalue weighted by molar-refractivity contribution is 0.120. The number of furan rings is 1. The summed E-state index contributed by atoms with van der Waals surface area (Å²) in [4.78, 5) is 2.51. The van der Waals surface area contributed by atoms with Gasteiger partial charge in [-0.2, -0.15) is 0 Å². The highest BCUT2D eigenvalue weighted by molar-refractivity contribution is 5.20. The van der Waals surface area contributed by atoms with Crippen molar-refractivity contribution in [2.45, 2.75) is 53.6 Å². The molecule has 1 saturated heterocycles. The van der Waals surface area contributed by atoms with Gasteiger partial charge in [-0.15, -0.1) is 0 Å². The van der Waals surface area contributed by atoms with Gasteiger partial charge in [0.25, 0.3) is 0 Å². The van der Waals surface area contributed by atoms with Crippen LogP contribution in [0.2, 0.25) is 0 Å². The number of rotatable bonds is 5. The van der Waals surface area contributed by atoms with Crippen LogP contribution >= 0.6 is 0 Å². The van der Waals surface area contributed by atoms with E-state index in [1.807, 2.05) is 0 Å². The zero-order valence-electron chi connectivity index (χ0n) is 12.9. The van der Waals surface area contributed by atoms with Crippen LogP contribution in [0.25, 0.3) is 0 Å². The second-order valence-electron chi connectivity index (χ2n) is 6.51. The molecular formula is C16H28N2O. The molecule has 0 radical (unpaired) electrons. The molecule has 1 aliphatic heterocycles. The molecule has 0 atom stereocenters. The topological polar surface area (TPSA) is 28.4 Å². The Balaban J connectivity index is 1.89. The molecule has 19 heavy (non-hydrogen) atoms.